The highest BCUT2D eigenvalue weighted by Crippen LogP contribution is 2.21. The lowest BCUT2D eigenvalue weighted by molar-refractivity contribution is -0.144. The number of carbonyl (C=O) groups excluding carboxylic acids is 1. The molecule has 0 radical (unpaired) electrons. The molecule has 0 spiro atoms. The second-order valence-electron chi connectivity index (χ2n) is 4.96. The standard InChI is InChI=1S/C11H18N2O4/c1-8-2-4-13(6-8)10(16)12-11(9(14)15)3-5-17-7-11/h8H,2-7H2,1H3,(H,12,16)(H,14,15). The van der Waals surface area contributed by atoms with Gasteiger partial charge in [0.2, 0.25) is 0 Å². The second-order valence-corrected chi connectivity index (χ2v) is 4.96. The summed E-state index contributed by atoms with van der Waals surface area (Å²) in [5, 5.41) is 11.8. The minimum Gasteiger partial charge on any atom is -0.479 e. The quantitative estimate of drug-likeness (QED) is 0.729. The molecule has 2 atom stereocenters. The topological polar surface area (TPSA) is 78.9 Å². The first-order chi connectivity index (χ1) is 8.03. The summed E-state index contributed by atoms with van der Waals surface area (Å²) in [7, 11) is 0. The smallest absolute Gasteiger partial charge is 0.332 e. The number of likely N-dealkylation sites (tertiary alicyclic amines) is 1. The predicted molar refractivity (Wildman–Crippen MR) is 59.7 cm³/mol. The molecule has 6 nitrogen and oxygen atoms in total. The molecule has 2 aliphatic heterocycles. The molecule has 2 saturated heterocycles. The minimum absolute atomic E-state index is 0.0530. The van der Waals surface area contributed by atoms with Gasteiger partial charge in [0.1, 0.15) is 0 Å². The highest BCUT2D eigenvalue weighted by atomic mass is 16.5. The summed E-state index contributed by atoms with van der Waals surface area (Å²) in [6.07, 6.45) is 1.31. The molecule has 17 heavy (non-hydrogen) atoms. The summed E-state index contributed by atoms with van der Waals surface area (Å²) in [6, 6.07) is -0.290. The van der Waals surface area contributed by atoms with Crippen molar-refractivity contribution in [2.24, 2.45) is 5.92 Å². The molecule has 2 heterocycles. The molecule has 2 amide bonds. The van der Waals surface area contributed by atoms with E-state index in [1.54, 1.807) is 4.90 Å². The molecule has 0 saturated carbocycles. The van der Waals surface area contributed by atoms with Gasteiger partial charge in [-0.15, -0.1) is 0 Å². The van der Waals surface area contributed by atoms with Gasteiger partial charge >= 0.3 is 12.0 Å². The van der Waals surface area contributed by atoms with Crippen molar-refractivity contribution in [1.29, 1.82) is 0 Å². The van der Waals surface area contributed by atoms with E-state index in [-0.39, 0.29) is 12.6 Å². The predicted octanol–water partition coefficient (Wildman–Crippen LogP) is 0.281. The molecule has 2 N–H and O–H groups in total. The summed E-state index contributed by atoms with van der Waals surface area (Å²) in [5.74, 6) is -0.531. The number of aliphatic carboxylic acids is 1. The number of hydrogen-bond donors (Lipinski definition) is 2. The normalized spacial score (nSPS) is 32.8. The second kappa shape index (κ2) is 4.52. The molecule has 0 aromatic rings. The maximum absolute atomic E-state index is 12.0. The van der Waals surface area contributed by atoms with E-state index in [0.717, 1.165) is 6.42 Å². The van der Waals surface area contributed by atoms with Crippen LogP contribution in [0.2, 0.25) is 0 Å². The molecular formula is C11H18N2O4. The maximum atomic E-state index is 12.0. The Hall–Kier alpha value is -1.30. The van der Waals surface area contributed by atoms with Crippen molar-refractivity contribution in [1.82, 2.24) is 10.2 Å². The number of nitrogens with one attached hydrogen (secondary N) is 1. The lowest BCUT2D eigenvalue weighted by Crippen LogP contribution is -2.58. The Kier molecular flexibility index (Phi) is 3.24. The van der Waals surface area contributed by atoms with Gasteiger partial charge in [-0.25, -0.2) is 9.59 Å². The van der Waals surface area contributed by atoms with Gasteiger partial charge < -0.3 is 20.1 Å². The Morgan fingerprint density at radius 2 is 2.29 bits per heavy atom. The average molecular weight is 242 g/mol. The van der Waals surface area contributed by atoms with Crippen molar-refractivity contribution in [3.05, 3.63) is 0 Å². The fraction of sp³-hybridized carbons (Fsp3) is 0.818. The highest BCUT2D eigenvalue weighted by Gasteiger charge is 2.45. The van der Waals surface area contributed by atoms with E-state index in [4.69, 9.17) is 4.74 Å². The Morgan fingerprint density at radius 1 is 1.53 bits per heavy atom. The summed E-state index contributed by atoms with van der Waals surface area (Å²) >= 11 is 0. The highest BCUT2D eigenvalue weighted by molar-refractivity contribution is 5.86. The van der Waals surface area contributed by atoms with E-state index in [1.165, 1.54) is 0 Å². The lowest BCUT2D eigenvalue weighted by Gasteiger charge is -2.27. The fourth-order valence-corrected chi connectivity index (χ4v) is 2.29. The summed E-state index contributed by atoms with van der Waals surface area (Å²) < 4.78 is 5.09. The average Bonchev–Trinajstić information content (AvgIpc) is 2.87. The third-order valence-electron chi connectivity index (χ3n) is 3.49. The largest absolute Gasteiger partial charge is 0.479 e. The monoisotopic (exact) mass is 242 g/mol. The molecule has 0 bridgehead atoms. The molecular weight excluding hydrogens is 224 g/mol. The Balaban J connectivity index is 1.99. The number of carbonyl (C=O) groups is 2. The number of urea groups is 1. The van der Waals surface area contributed by atoms with E-state index in [9.17, 15) is 14.7 Å². The van der Waals surface area contributed by atoms with Crippen LogP contribution in [0, 0.1) is 5.92 Å². The number of carboxylic acid groups (broad SMARTS) is 1. The van der Waals surface area contributed by atoms with Crippen LogP contribution in [-0.2, 0) is 9.53 Å². The first-order valence-corrected chi connectivity index (χ1v) is 5.92. The van der Waals surface area contributed by atoms with Crippen molar-refractivity contribution >= 4 is 12.0 Å². The van der Waals surface area contributed by atoms with E-state index >= 15 is 0 Å². The van der Waals surface area contributed by atoms with Gasteiger partial charge in [0.25, 0.3) is 0 Å². The van der Waals surface area contributed by atoms with Crippen LogP contribution in [0.25, 0.3) is 0 Å². The summed E-state index contributed by atoms with van der Waals surface area (Å²) in [6.45, 7) is 3.91. The number of rotatable bonds is 2. The molecule has 0 aromatic carbocycles. The molecule has 6 heteroatoms. The van der Waals surface area contributed by atoms with Crippen LogP contribution in [0.15, 0.2) is 0 Å². The van der Waals surface area contributed by atoms with Crippen molar-refractivity contribution in [2.75, 3.05) is 26.3 Å². The van der Waals surface area contributed by atoms with Crippen molar-refractivity contribution in [3.8, 4) is 0 Å². The lowest BCUT2D eigenvalue weighted by atomic mass is 9.99. The van der Waals surface area contributed by atoms with Gasteiger partial charge in [-0.05, 0) is 12.3 Å². The molecule has 0 aliphatic carbocycles. The fourth-order valence-electron chi connectivity index (χ4n) is 2.29. The maximum Gasteiger partial charge on any atom is 0.332 e. The minimum atomic E-state index is -1.23. The number of amides is 2. The van der Waals surface area contributed by atoms with E-state index in [2.05, 4.69) is 12.2 Å². The van der Waals surface area contributed by atoms with Crippen LogP contribution in [0.4, 0.5) is 4.79 Å². The Bertz CT molecular complexity index is 325. The van der Waals surface area contributed by atoms with Gasteiger partial charge in [-0.1, -0.05) is 6.92 Å². The Morgan fingerprint density at radius 3 is 2.76 bits per heavy atom. The van der Waals surface area contributed by atoms with Gasteiger partial charge in [-0.2, -0.15) is 0 Å². The zero-order chi connectivity index (χ0) is 12.5. The molecule has 0 aromatic heterocycles. The van der Waals surface area contributed by atoms with Gasteiger partial charge in [0, 0.05) is 26.1 Å². The molecule has 2 unspecified atom stereocenters. The molecule has 2 rings (SSSR count). The van der Waals surface area contributed by atoms with Crippen LogP contribution in [-0.4, -0.2) is 53.8 Å². The molecule has 2 fully saturated rings. The van der Waals surface area contributed by atoms with Crippen LogP contribution >= 0.6 is 0 Å². The Labute approximate surface area is 99.9 Å². The first-order valence-electron chi connectivity index (χ1n) is 5.92. The van der Waals surface area contributed by atoms with Gasteiger partial charge in [0.05, 0.1) is 6.61 Å². The molecule has 2 aliphatic rings. The summed E-state index contributed by atoms with van der Waals surface area (Å²) in [4.78, 5) is 24.9. The zero-order valence-corrected chi connectivity index (χ0v) is 9.94. The first kappa shape index (κ1) is 12.2. The van der Waals surface area contributed by atoms with Crippen molar-refractivity contribution in [3.63, 3.8) is 0 Å². The number of ether oxygens (including phenoxy) is 1. The third kappa shape index (κ3) is 2.36. The van der Waals surface area contributed by atoms with Gasteiger partial charge in [-0.3, -0.25) is 0 Å². The summed E-state index contributed by atoms with van der Waals surface area (Å²) in [5.41, 5.74) is -1.23. The third-order valence-corrected chi connectivity index (χ3v) is 3.49. The van der Waals surface area contributed by atoms with Crippen LogP contribution in [0.3, 0.4) is 0 Å². The number of hydrogen-bond acceptors (Lipinski definition) is 3. The van der Waals surface area contributed by atoms with Crippen molar-refractivity contribution < 1.29 is 19.4 Å². The van der Waals surface area contributed by atoms with Crippen molar-refractivity contribution in [2.45, 2.75) is 25.3 Å². The van der Waals surface area contributed by atoms with E-state index < -0.39 is 11.5 Å². The van der Waals surface area contributed by atoms with E-state index in [0.29, 0.717) is 32.0 Å². The van der Waals surface area contributed by atoms with Gasteiger partial charge in [0.15, 0.2) is 5.54 Å². The van der Waals surface area contributed by atoms with Crippen LogP contribution in [0.5, 0.6) is 0 Å². The molecule has 96 valence electrons. The van der Waals surface area contributed by atoms with E-state index in [1.807, 2.05) is 0 Å². The number of nitrogens with zero attached hydrogens (tertiary/aromatic N) is 1. The number of carboxylic acids is 1. The van der Waals surface area contributed by atoms with Crippen LogP contribution < -0.4 is 5.32 Å². The SMILES string of the molecule is CC1CCN(C(=O)NC2(C(=O)O)CCOC2)C1. The zero-order valence-electron chi connectivity index (χ0n) is 9.94. The van der Waals surface area contributed by atoms with Crippen LogP contribution in [0.1, 0.15) is 19.8 Å².